The van der Waals surface area contributed by atoms with Gasteiger partial charge in [-0.2, -0.15) is 0 Å². The number of imidazole rings is 1. The zero-order valence-electron chi connectivity index (χ0n) is 14.4. The maximum atomic E-state index is 13.7. The van der Waals surface area contributed by atoms with Crippen molar-refractivity contribution in [1.82, 2.24) is 9.38 Å². The Morgan fingerprint density at radius 3 is 2.76 bits per heavy atom. The molecule has 0 aliphatic heterocycles. The number of nitrogens with zero attached hydrogens (tertiary/aromatic N) is 2. The third kappa shape index (κ3) is 3.37. The van der Waals surface area contributed by atoms with E-state index in [1.165, 1.54) is 16.7 Å². The molecule has 6 heteroatoms. The molecule has 0 aliphatic rings. The van der Waals surface area contributed by atoms with Crippen LogP contribution in [0, 0.1) is 19.7 Å². The maximum Gasteiger partial charge on any atom is 0.274 e. The molecular formula is C19H19ClFN3O. The standard InChI is InChI=1S/C19H19ClFN3O/c1-4-5-15-18(24-10-13(21)6-7-16(24)22-15)19(25)23-17-12(3)8-11(2)9-14(17)20/h6-10H,4-5H2,1-3H3,(H,23,25). The summed E-state index contributed by atoms with van der Waals surface area (Å²) in [5.74, 6) is -0.776. The lowest BCUT2D eigenvalue weighted by atomic mass is 10.1. The fourth-order valence-corrected chi connectivity index (χ4v) is 3.33. The minimum atomic E-state index is -0.424. The summed E-state index contributed by atoms with van der Waals surface area (Å²) in [6, 6.07) is 6.64. The van der Waals surface area contributed by atoms with Crippen LogP contribution in [0.1, 0.15) is 40.7 Å². The highest BCUT2D eigenvalue weighted by molar-refractivity contribution is 6.34. The van der Waals surface area contributed by atoms with Gasteiger partial charge in [-0.05, 0) is 49.6 Å². The Hall–Kier alpha value is -2.40. The van der Waals surface area contributed by atoms with E-state index in [1.807, 2.05) is 26.8 Å². The average molecular weight is 360 g/mol. The number of carbonyl (C=O) groups excluding carboxylic acids is 1. The Morgan fingerprint density at radius 2 is 2.08 bits per heavy atom. The molecule has 0 unspecified atom stereocenters. The van der Waals surface area contributed by atoms with E-state index in [1.54, 1.807) is 12.1 Å². The molecule has 3 aromatic rings. The van der Waals surface area contributed by atoms with E-state index >= 15 is 0 Å². The summed E-state index contributed by atoms with van der Waals surface area (Å²) < 4.78 is 15.2. The van der Waals surface area contributed by atoms with Gasteiger partial charge in [-0.3, -0.25) is 9.20 Å². The van der Waals surface area contributed by atoms with Crippen molar-refractivity contribution in [3.8, 4) is 0 Å². The number of hydrogen-bond acceptors (Lipinski definition) is 2. The van der Waals surface area contributed by atoms with Gasteiger partial charge in [-0.15, -0.1) is 0 Å². The average Bonchev–Trinajstić information content (AvgIpc) is 2.88. The molecule has 0 fully saturated rings. The summed E-state index contributed by atoms with van der Waals surface area (Å²) >= 11 is 6.29. The van der Waals surface area contributed by atoms with Gasteiger partial charge in [0.2, 0.25) is 0 Å². The molecule has 0 aliphatic carbocycles. The van der Waals surface area contributed by atoms with Gasteiger partial charge in [-0.25, -0.2) is 9.37 Å². The second kappa shape index (κ2) is 6.84. The lowest BCUT2D eigenvalue weighted by Gasteiger charge is -2.12. The number of amides is 1. The second-order valence-corrected chi connectivity index (χ2v) is 6.53. The fraction of sp³-hybridized carbons (Fsp3) is 0.263. The van der Waals surface area contributed by atoms with E-state index in [0.717, 1.165) is 17.5 Å². The van der Waals surface area contributed by atoms with Crippen LogP contribution < -0.4 is 5.32 Å². The highest BCUT2D eigenvalue weighted by atomic mass is 35.5. The van der Waals surface area contributed by atoms with Crippen molar-refractivity contribution in [3.05, 3.63) is 63.8 Å². The molecule has 0 spiro atoms. The van der Waals surface area contributed by atoms with Crippen LogP contribution in [0.3, 0.4) is 0 Å². The predicted molar refractivity (Wildman–Crippen MR) is 98.0 cm³/mol. The van der Waals surface area contributed by atoms with Crippen molar-refractivity contribution >= 4 is 28.8 Å². The number of anilines is 1. The van der Waals surface area contributed by atoms with Crippen LogP contribution >= 0.6 is 11.6 Å². The van der Waals surface area contributed by atoms with Crippen LogP contribution in [0.25, 0.3) is 5.65 Å². The second-order valence-electron chi connectivity index (χ2n) is 6.13. The SMILES string of the molecule is CCCc1nc2ccc(F)cn2c1C(=O)Nc1c(C)cc(C)cc1Cl. The van der Waals surface area contributed by atoms with Crippen LogP contribution in [0.5, 0.6) is 0 Å². The molecule has 1 aromatic carbocycles. The first-order chi connectivity index (χ1) is 11.9. The van der Waals surface area contributed by atoms with Gasteiger partial charge in [0.05, 0.1) is 16.4 Å². The van der Waals surface area contributed by atoms with E-state index in [2.05, 4.69) is 10.3 Å². The number of halogens is 2. The smallest absolute Gasteiger partial charge is 0.274 e. The van der Waals surface area contributed by atoms with Gasteiger partial charge in [0, 0.05) is 6.20 Å². The van der Waals surface area contributed by atoms with Gasteiger partial charge >= 0.3 is 0 Å². The summed E-state index contributed by atoms with van der Waals surface area (Å²) in [6.07, 6.45) is 2.74. The normalized spacial score (nSPS) is 11.1. The number of rotatable bonds is 4. The Balaban J connectivity index is 2.07. The van der Waals surface area contributed by atoms with Crippen molar-refractivity contribution in [2.45, 2.75) is 33.6 Å². The summed E-state index contributed by atoms with van der Waals surface area (Å²) in [5.41, 5.74) is 3.98. The van der Waals surface area contributed by atoms with Gasteiger partial charge < -0.3 is 5.32 Å². The highest BCUT2D eigenvalue weighted by Crippen LogP contribution is 2.28. The number of pyridine rings is 1. The zero-order chi connectivity index (χ0) is 18.1. The summed E-state index contributed by atoms with van der Waals surface area (Å²) in [7, 11) is 0. The molecule has 0 radical (unpaired) electrons. The summed E-state index contributed by atoms with van der Waals surface area (Å²) in [6.45, 7) is 5.83. The monoisotopic (exact) mass is 359 g/mol. The molecule has 0 saturated heterocycles. The summed E-state index contributed by atoms with van der Waals surface area (Å²) in [5, 5.41) is 3.34. The Bertz CT molecular complexity index is 942. The van der Waals surface area contributed by atoms with Crippen LogP contribution in [0.4, 0.5) is 10.1 Å². The van der Waals surface area contributed by atoms with Crippen molar-refractivity contribution in [3.63, 3.8) is 0 Å². The Kier molecular flexibility index (Phi) is 4.77. The van der Waals surface area contributed by atoms with Gasteiger partial charge in [0.25, 0.3) is 5.91 Å². The Morgan fingerprint density at radius 1 is 1.32 bits per heavy atom. The maximum absolute atomic E-state index is 13.7. The third-order valence-corrected chi connectivity index (χ3v) is 4.32. The molecular weight excluding hydrogens is 341 g/mol. The molecule has 25 heavy (non-hydrogen) atoms. The topological polar surface area (TPSA) is 46.4 Å². The van der Waals surface area contributed by atoms with E-state index in [4.69, 9.17) is 11.6 Å². The van der Waals surface area contributed by atoms with Gasteiger partial charge in [0.1, 0.15) is 17.2 Å². The molecule has 1 N–H and O–H groups in total. The first-order valence-electron chi connectivity index (χ1n) is 8.15. The number of carbonyl (C=O) groups is 1. The number of hydrogen-bond donors (Lipinski definition) is 1. The number of fused-ring (bicyclic) bond motifs is 1. The minimum absolute atomic E-state index is 0.340. The lowest BCUT2D eigenvalue weighted by molar-refractivity contribution is 0.102. The summed E-state index contributed by atoms with van der Waals surface area (Å²) in [4.78, 5) is 17.4. The number of nitrogens with one attached hydrogen (secondary N) is 1. The molecule has 4 nitrogen and oxygen atoms in total. The van der Waals surface area contributed by atoms with E-state index < -0.39 is 5.82 Å². The van der Waals surface area contributed by atoms with Gasteiger partial charge in [-0.1, -0.05) is 31.0 Å². The van der Waals surface area contributed by atoms with Crippen LogP contribution in [0.2, 0.25) is 5.02 Å². The largest absolute Gasteiger partial charge is 0.319 e. The number of aromatic nitrogens is 2. The molecule has 2 aromatic heterocycles. The van der Waals surface area contributed by atoms with E-state index in [9.17, 15) is 9.18 Å². The first-order valence-corrected chi connectivity index (χ1v) is 8.53. The van der Waals surface area contributed by atoms with Gasteiger partial charge in [0.15, 0.2) is 0 Å². The van der Waals surface area contributed by atoms with Crippen molar-refractivity contribution < 1.29 is 9.18 Å². The predicted octanol–water partition coefficient (Wildman–Crippen LogP) is 4.95. The van der Waals surface area contributed by atoms with Crippen LogP contribution in [-0.4, -0.2) is 15.3 Å². The van der Waals surface area contributed by atoms with E-state index in [0.29, 0.717) is 34.2 Å². The molecule has 0 bridgehead atoms. The van der Waals surface area contributed by atoms with Crippen LogP contribution in [0.15, 0.2) is 30.5 Å². The molecule has 3 rings (SSSR count). The minimum Gasteiger partial charge on any atom is -0.319 e. The fourth-order valence-electron chi connectivity index (χ4n) is 2.97. The van der Waals surface area contributed by atoms with E-state index in [-0.39, 0.29) is 5.91 Å². The molecule has 1 amide bonds. The van der Waals surface area contributed by atoms with Crippen LogP contribution in [-0.2, 0) is 6.42 Å². The third-order valence-electron chi connectivity index (χ3n) is 4.03. The highest BCUT2D eigenvalue weighted by Gasteiger charge is 2.20. The quantitative estimate of drug-likeness (QED) is 0.716. The first kappa shape index (κ1) is 17.4. The molecule has 2 heterocycles. The van der Waals surface area contributed by atoms with Crippen molar-refractivity contribution in [2.75, 3.05) is 5.32 Å². The molecule has 0 saturated carbocycles. The number of benzene rings is 1. The molecule has 130 valence electrons. The lowest BCUT2D eigenvalue weighted by Crippen LogP contribution is -2.17. The van der Waals surface area contributed by atoms with Crippen molar-refractivity contribution in [1.29, 1.82) is 0 Å². The zero-order valence-corrected chi connectivity index (χ0v) is 15.1. The number of aryl methyl sites for hydroxylation is 3. The van der Waals surface area contributed by atoms with Crippen molar-refractivity contribution in [2.24, 2.45) is 0 Å². The molecule has 0 atom stereocenters. The Labute approximate surface area is 150 Å².